The molecule has 0 fully saturated rings. The van der Waals surface area contributed by atoms with Crippen molar-refractivity contribution in [3.8, 4) is 0 Å². The molecule has 0 saturated heterocycles. The first kappa shape index (κ1) is 15.3. The number of hydrogen-bond donors (Lipinski definition) is 1. The molecule has 0 bridgehead atoms. The number of esters is 1. The maximum atomic E-state index is 11.6. The normalized spacial score (nSPS) is 10.1. The van der Waals surface area contributed by atoms with Crippen LogP contribution in [0.2, 0.25) is 0 Å². The number of nitrogens with one attached hydrogen (secondary N) is 1. The molecule has 0 unspecified atom stereocenters. The van der Waals surface area contributed by atoms with Gasteiger partial charge in [0.15, 0.2) is 6.61 Å². The van der Waals surface area contributed by atoms with E-state index in [9.17, 15) is 9.59 Å². The summed E-state index contributed by atoms with van der Waals surface area (Å²) in [4.78, 5) is 24.0. The smallest absolute Gasteiger partial charge is 0.311 e. The fourth-order valence-corrected chi connectivity index (χ4v) is 2.48. The molecule has 0 atom stereocenters. The lowest BCUT2D eigenvalue weighted by Gasteiger charge is -2.06. The molecule has 2 aromatic rings. The minimum atomic E-state index is -0.379. The van der Waals surface area contributed by atoms with Gasteiger partial charge in [-0.1, -0.05) is 36.4 Å². The predicted octanol–water partition coefficient (Wildman–Crippen LogP) is 2.19. The topological polar surface area (TPSA) is 55.4 Å². The lowest BCUT2D eigenvalue weighted by atomic mass is 10.1. The van der Waals surface area contributed by atoms with Crippen molar-refractivity contribution in [3.63, 3.8) is 0 Å². The molecule has 1 amide bonds. The van der Waals surface area contributed by atoms with Crippen LogP contribution in [0.3, 0.4) is 0 Å². The molecule has 0 aliphatic rings. The lowest BCUT2D eigenvalue weighted by Crippen LogP contribution is -2.30. The van der Waals surface area contributed by atoms with Gasteiger partial charge in [-0.3, -0.25) is 9.59 Å². The van der Waals surface area contributed by atoms with Gasteiger partial charge in [-0.25, -0.2) is 0 Å². The van der Waals surface area contributed by atoms with E-state index in [4.69, 9.17) is 4.74 Å². The van der Waals surface area contributed by atoms with E-state index in [0.717, 1.165) is 16.9 Å². The average Bonchev–Trinajstić information content (AvgIpc) is 2.99. The van der Waals surface area contributed by atoms with Crippen LogP contribution in [-0.4, -0.2) is 25.0 Å². The van der Waals surface area contributed by atoms with Crippen LogP contribution in [0.1, 0.15) is 10.4 Å². The minimum absolute atomic E-state index is 0.217. The van der Waals surface area contributed by atoms with Gasteiger partial charge >= 0.3 is 5.97 Å². The van der Waals surface area contributed by atoms with Gasteiger partial charge in [-0.15, -0.1) is 11.3 Å². The van der Waals surface area contributed by atoms with Crippen LogP contribution in [-0.2, 0) is 27.2 Å². The molecule has 1 N–H and O–H groups in total. The number of hydrogen-bond acceptors (Lipinski definition) is 4. The van der Waals surface area contributed by atoms with Crippen LogP contribution in [0, 0.1) is 0 Å². The largest absolute Gasteiger partial charge is 0.455 e. The third-order valence-electron chi connectivity index (χ3n) is 2.84. The zero-order valence-electron chi connectivity index (χ0n) is 11.6. The van der Waals surface area contributed by atoms with Crippen molar-refractivity contribution in [2.24, 2.45) is 0 Å². The SMILES string of the molecule is O=C(COC(=O)Cc1cccs1)NCCc1ccccc1. The van der Waals surface area contributed by atoms with E-state index in [1.54, 1.807) is 0 Å². The van der Waals surface area contributed by atoms with Crippen molar-refractivity contribution in [3.05, 3.63) is 58.3 Å². The van der Waals surface area contributed by atoms with Gasteiger partial charge in [0.1, 0.15) is 0 Å². The number of amides is 1. The molecule has 1 heterocycles. The summed E-state index contributed by atoms with van der Waals surface area (Å²) in [6.45, 7) is 0.310. The molecular formula is C16H17NO3S. The van der Waals surface area contributed by atoms with Crippen LogP contribution in [0.4, 0.5) is 0 Å². The molecule has 5 heteroatoms. The Balaban J connectivity index is 1.60. The summed E-state index contributed by atoms with van der Waals surface area (Å²) >= 11 is 1.50. The number of benzene rings is 1. The standard InChI is InChI=1S/C16H17NO3S/c18-15(17-9-8-13-5-2-1-3-6-13)12-20-16(19)11-14-7-4-10-21-14/h1-7,10H,8-9,11-12H2,(H,17,18). The molecule has 110 valence electrons. The van der Waals surface area contributed by atoms with Gasteiger partial charge in [-0.2, -0.15) is 0 Å². The van der Waals surface area contributed by atoms with Crippen LogP contribution in [0.25, 0.3) is 0 Å². The summed E-state index contributed by atoms with van der Waals surface area (Å²) in [6, 6.07) is 13.6. The van der Waals surface area contributed by atoms with Gasteiger partial charge in [-0.05, 0) is 23.4 Å². The van der Waals surface area contributed by atoms with E-state index in [1.165, 1.54) is 11.3 Å². The van der Waals surface area contributed by atoms with E-state index < -0.39 is 0 Å². The van der Waals surface area contributed by atoms with Crippen molar-refractivity contribution in [2.45, 2.75) is 12.8 Å². The van der Waals surface area contributed by atoms with E-state index >= 15 is 0 Å². The number of carbonyl (C=O) groups excluding carboxylic acids is 2. The van der Waals surface area contributed by atoms with Gasteiger partial charge < -0.3 is 10.1 Å². The highest BCUT2D eigenvalue weighted by molar-refractivity contribution is 7.10. The van der Waals surface area contributed by atoms with Gasteiger partial charge in [0, 0.05) is 11.4 Å². The average molecular weight is 303 g/mol. The summed E-state index contributed by atoms with van der Waals surface area (Å²) < 4.78 is 4.94. The Morgan fingerprint density at radius 3 is 2.62 bits per heavy atom. The Labute approximate surface area is 127 Å². The van der Waals surface area contributed by atoms with Gasteiger partial charge in [0.2, 0.25) is 0 Å². The lowest BCUT2D eigenvalue weighted by molar-refractivity contribution is -0.147. The molecule has 1 aromatic carbocycles. The fraction of sp³-hybridized carbons (Fsp3) is 0.250. The van der Waals surface area contributed by atoms with Crippen molar-refractivity contribution in [1.82, 2.24) is 5.32 Å². The summed E-state index contributed by atoms with van der Waals surface area (Å²) in [6.07, 6.45) is 0.977. The number of ether oxygens (including phenoxy) is 1. The quantitative estimate of drug-likeness (QED) is 0.798. The minimum Gasteiger partial charge on any atom is -0.455 e. The third kappa shape index (κ3) is 5.79. The molecule has 21 heavy (non-hydrogen) atoms. The molecule has 4 nitrogen and oxygen atoms in total. The zero-order chi connectivity index (χ0) is 14.9. The van der Waals surface area contributed by atoms with E-state index in [-0.39, 0.29) is 24.9 Å². The van der Waals surface area contributed by atoms with Crippen LogP contribution in [0.5, 0.6) is 0 Å². The molecular weight excluding hydrogens is 286 g/mol. The summed E-state index contributed by atoms with van der Waals surface area (Å²) in [5.41, 5.74) is 1.16. The van der Waals surface area contributed by atoms with Crippen molar-refractivity contribution >= 4 is 23.2 Å². The van der Waals surface area contributed by atoms with E-state index in [0.29, 0.717) is 6.54 Å². The van der Waals surface area contributed by atoms with Gasteiger partial charge in [0.05, 0.1) is 6.42 Å². The van der Waals surface area contributed by atoms with Gasteiger partial charge in [0.25, 0.3) is 5.91 Å². The molecule has 0 saturated carbocycles. The first-order valence-corrected chi connectivity index (χ1v) is 7.60. The van der Waals surface area contributed by atoms with Crippen molar-refractivity contribution < 1.29 is 14.3 Å². The van der Waals surface area contributed by atoms with Crippen LogP contribution < -0.4 is 5.32 Å². The second-order valence-corrected chi connectivity index (χ2v) is 5.53. The summed E-state index contributed by atoms with van der Waals surface area (Å²) in [7, 11) is 0. The Bertz CT molecular complexity index is 566. The van der Waals surface area contributed by atoms with E-state index in [1.807, 2.05) is 47.8 Å². The Morgan fingerprint density at radius 2 is 1.90 bits per heavy atom. The number of thiophene rings is 1. The first-order chi connectivity index (χ1) is 10.2. The molecule has 1 aromatic heterocycles. The van der Waals surface area contributed by atoms with Crippen LogP contribution in [0.15, 0.2) is 47.8 Å². The maximum absolute atomic E-state index is 11.6. The summed E-state index contributed by atoms with van der Waals surface area (Å²) in [5.74, 6) is -0.652. The second kappa shape index (κ2) is 8.21. The van der Waals surface area contributed by atoms with Crippen LogP contribution >= 0.6 is 11.3 Å². The van der Waals surface area contributed by atoms with Crippen molar-refractivity contribution in [1.29, 1.82) is 0 Å². The fourth-order valence-electron chi connectivity index (χ4n) is 1.79. The second-order valence-electron chi connectivity index (χ2n) is 4.50. The molecule has 0 aliphatic carbocycles. The Kier molecular flexibility index (Phi) is 5.97. The summed E-state index contributed by atoms with van der Waals surface area (Å²) in [5, 5.41) is 4.63. The maximum Gasteiger partial charge on any atom is 0.311 e. The monoisotopic (exact) mass is 303 g/mol. The highest BCUT2D eigenvalue weighted by Gasteiger charge is 2.08. The first-order valence-electron chi connectivity index (χ1n) is 6.72. The molecule has 0 aliphatic heterocycles. The van der Waals surface area contributed by atoms with E-state index in [2.05, 4.69) is 5.32 Å². The molecule has 0 spiro atoms. The Hall–Kier alpha value is -2.14. The highest BCUT2D eigenvalue weighted by atomic mass is 32.1. The Morgan fingerprint density at radius 1 is 1.10 bits per heavy atom. The predicted molar refractivity (Wildman–Crippen MR) is 82.1 cm³/mol. The number of carbonyl (C=O) groups is 2. The molecule has 0 radical (unpaired) electrons. The van der Waals surface area contributed by atoms with Crippen molar-refractivity contribution in [2.75, 3.05) is 13.2 Å². The highest BCUT2D eigenvalue weighted by Crippen LogP contribution is 2.09. The zero-order valence-corrected chi connectivity index (χ0v) is 12.4. The number of rotatable bonds is 7. The third-order valence-corrected chi connectivity index (χ3v) is 3.72. The molecule has 2 rings (SSSR count).